The number of nitrogens with zero attached hydrogens (tertiary/aromatic N) is 1. The van der Waals surface area contributed by atoms with Crippen molar-refractivity contribution in [3.63, 3.8) is 0 Å². The summed E-state index contributed by atoms with van der Waals surface area (Å²) in [6, 6.07) is 1.54. The number of fused-ring (bicyclic) bond motifs is 1. The van der Waals surface area contributed by atoms with Crippen LogP contribution in [0, 0.1) is 11.3 Å². The van der Waals surface area contributed by atoms with Gasteiger partial charge in [0.25, 0.3) is 5.56 Å². The average molecular weight is 259 g/mol. The zero-order valence-electron chi connectivity index (χ0n) is 10.7. The molecule has 1 amide bonds. The first kappa shape index (κ1) is 11.2. The molecule has 0 atom stereocenters. The van der Waals surface area contributed by atoms with Crippen molar-refractivity contribution >= 4 is 5.91 Å². The summed E-state index contributed by atoms with van der Waals surface area (Å²) in [5, 5.41) is 2.97. The van der Waals surface area contributed by atoms with Gasteiger partial charge in [0.15, 0.2) is 0 Å². The molecule has 0 radical (unpaired) electrons. The molecule has 100 valence electrons. The highest BCUT2D eigenvalue weighted by molar-refractivity contribution is 5.89. The van der Waals surface area contributed by atoms with Crippen LogP contribution in [0.3, 0.4) is 0 Å². The van der Waals surface area contributed by atoms with Gasteiger partial charge in [-0.1, -0.05) is 0 Å². The topological polar surface area (TPSA) is 74.8 Å². The second-order valence-corrected chi connectivity index (χ2v) is 6.16. The van der Waals surface area contributed by atoms with Crippen molar-refractivity contribution in [2.24, 2.45) is 11.3 Å². The van der Waals surface area contributed by atoms with Crippen LogP contribution in [0.25, 0.3) is 0 Å². The van der Waals surface area contributed by atoms with Crippen LogP contribution in [0.4, 0.5) is 0 Å². The number of hydrogen-bond acceptors (Lipinski definition) is 3. The third-order valence-electron chi connectivity index (χ3n) is 4.58. The highest BCUT2D eigenvalue weighted by atomic mass is 16.2. The summed E-state index contributed by atoms with van der Waals surface area (Å²) in [6.07, 6.45) is 5.03. The molecule has 0 unspecified atom stereocenters. The van der Waals surface area contributed by atoms with Crippen LogP contribution in [0.15, 0.2) is 10.9 Å². The molecular weight excluding hydrogens is 242 g/mol. The van der Waals surface area contributed by atoms with Crippen LogP contribution in [0.5, 0.6) is 0 Å². The van der Waals surface area contributed by atoms with E-state index in [-0.39, 0.29) is 16.9 Å². The lowest BCUT2D eigenvalue weighted by Crippen LogP contribution is -2.30. The van der Waals surface area contributed by atoms with Gasteiger partial charge >= 0.3 is 0 Å². The minimum atomic E-state index is -0.0822. The van der Waals surface area contributed by atoms with E-state index in [0.717, 1.165) is 37.2 Å². The normalized spacial score (nSPS) is 30.6. The van der Waals surface area contributed by atoms with E-state index in [1.807, 2.05) is 0 Å². The zero-order chi connectivity index (χ0) is 13.0. The maximum Gasteiger partial charge on any atom is 0.251 e. The zero-order valence-corrected chi connectivity index (χ0v) is 10.7. The molecule has 3 saturated carbocycles. The molecule has 2 N–H and O–H groups in total. The predicted molar refractivity (Wildman–Crippen MR) is 68.7 cm³/mol. The molecule has 0 aromatic carbocycles. The maximum absolute atomic E-state index is 11.8. The van der Waals surface area contributed by atoms with E-state index in [4.69, 9.17) is 0 Å². The highest BCUT2D eigenvalue weighted by Crippen LogP contribution is 2.75. The van der Waals surface area contributed by atoms with E-state index in [1.54, 1.807) is 0 Å². The first-order chi connectivity index (χ1) is 9.17. The molecule has 0 aliphatic heterocycles. The largest absolute Gasteiger partial charge is 0.355 e. The van der Waals surface area contributed by atoms with Gasteiger partial charge in [0.2, 0.25) is 5.91 Å². The molecule has 3 aliphatic rings. The number of H-pyrrole nitrogens is 1. The Bertz CT molecular complexity index is 597. The molecule has 1 aromatic rings. The third-order valence-corrected chi connectivity index (χ3v) is 4.58. The number of nitrogens with one attached hydrogen (secondary N) is 2. The summed E-state index contributed by atoms with van der Waals surface area (Å²) in [5.41, 5.74) is 0.730. The van der Waals surface area contributed by atoms with Gasteiger partial charge in [0.1, 0.15) is 5.82 Å². The van der Waals surface area contributed by atoms with Gasteiger partial charge in [-0.2, -0.15) is 0 Å². The van der Waals surface area contributed by atoms with Crippen molar-refractivity contribution in [2.75, 3.05) is 6.54 Å². The second-order valence-electron chi connectivity index (χ2n) is 6.16. The first-order valence-corrected chi connectivity index (χ1v) is 7.06. The van der Waals surface area contributed by atoms with Crippen LogP contribution < -0.4 is 10.9 Å². The molecule has 1 aromatic heterocycles. The number of carbonyl (C=O) groups excluding carboxylic acids is 1. The quantitative estimate of drug-likeness (QED) is 0.818. The number of carbonyl (C=O) groups is 1. The van der Waals surface area contributed by atoms with Crippen molar-refractivity contribution in [1.29, 1.82) is 0 Å². The van der Waals surface area contributed by atoms with E-state index in [1.165, 1.54) is 6.07 Å². The fourth-order valence-corrected chi connectivity index (χ4v) is 2.76. The van der Waals surface area contributed by atoms with Gasteiger partial charge in [-0.3, -0.25) is 9.59 Å². The standard InChI is InChI=1S/C14H17N3O2/c18-11-5-10(16-12(17-11)8-1-2-8)3-4-15-13(19)14-6-9(14)7-14/h5,8-9H,1-4,6-7H2,(H,15,19)(H,16,17,18). The lowest BCUT2D eigenvalue weighted by Gasteiger charge is -2.07. The maximum atomic E-state index is 11.8. The number of aromatic nitrogens is 2. The van der Waals surface area contributed by atoms with Gasteiger partial charge in [-0.25, -0.2) is 4.98 Å². The van der Waals surface area contributed by atoms with Gasteiger partial charge in [-0.05, 0) is 31.6 Å². The van der Waals surface area contributed by atoms with Gasteiger partial charge < -0.3 is 10.3 Å². The summed E-state index contributed by atoms with van der Waals surface area (Å²) in [6.45, 7) is 0.577. The molecule has 1 heterocycles. The fourth-order valence-electron chi connectivity index (χ4n) is 2.76. The van der Waals surface area contributed by atoms with Crippen LogP contribution >= 0.6 is 0 Å². The number of amides is 1. The Hall–Kier alpha value is -1.65. The Labute approximate surface area is 110 Å². The van der Waals surface area contributed by atoms with E-state index in [2.05, 4.69) is 15.3 Å². The molecule has 4 rings (SSSR count). The molecule has 3 aliphatic carbocycles. The average Bonchev–Trinajstić information content (AvgIpc) is 3.17. The molecule has 5 nitrogen and oxygen atoms in total. The molecule has 0 saturated heterocycles. The van der Waals surface area contributed by atoms with Crippen LogP contribution in [0.2, 0.25) is 0 Å². The first-order valence-electron chi connectivity index (χ1n) is 7.06. The Balaban J connectivity index is 1.36. The number of aromatic amines is 1. The van der Waals surface area contributed by atoms with E-state index < -0.39 is 0 Å². The Morgan fingerprint density at radius 3 is 2.84 bits per heavy atom. The summed E-state index contributed by atoms with van der Waals surface area (Å²) >= 11 is 0. The monoisotopic (exact) mass is 259 g/mol. The van der Waals surface area contributed by atoms with Crippen LogP contribution in [0.1, 0.15) is 43.1 Å². The van der Waals surface area contributed by atoms with Crippen LogP contribution in [-0.2, 0) is 11.2 Å². The predicted octanol–water partition coefficient (Wildman–Crippen LogP) is 0.716. The summed E-state index contributed by atoms with van der Waals surface area (Å²) in [7, 11) is 0. The van der Waals surface area contributed by atoms with Crippen molar-refractivity contribution in [1.82, 2.24) is 15.3 Å². The van der Waals surface area contributed by atoms with Crippen molar-refractivity contribution in [3.05, 3.63) is 27.9 Å². The molecule has 19 heavy (non-hydrogen) atoms. The summed E-state index contributed by atoms with van der Waals surface area (Å²) < 4.78 is 0. The van der Waals surface area contributed by atoms with Gasteiger partial charge in [0, 0.05) is 30.6 Å². The Morgan fingerprint density at radius 2 is 2.21 bits per heavy atom. The van der Waals surface area contributed by atoms with Crippen molar-refractivity contribution in [3.8, 4) is 0 Å². The lowest BCUT2D eigenvalue weighted by atomic mass is 10.2. The minimum Gasteiger partial charge on any atom is -0.355 e. The molecule has 0 spiro atoms. The van der Waals surface area contributed by atoms with E-state index >= 15 is 0 Å². The molecule has 0 bridgehead atoms. The van der Waals surface area contributed by atoms with Gasteiger partial charge in [0.05, 0.1) is 5.41 Å². The van der Waals surface area contributed by atoms with Crippen LogP contribution in [-0.4, -0.2) is 22.4 Å². The fraction of sp³-hybridized carbons (Fsp3) is 0.643. The minimum absolute atomic E-state index is 0.0285. The Kier molecular flexibility index (Phi) is 2.17. The SMILES string of the molecule is O=C(NCCc1cc(=O)[nH]c(C2CC2)n1)C12CC1C2. The smallest absolute Gasteiger partial charge is 0.251 e. The van der Waals surface area contributed by atoms with Crippen molar-refractivity contribution < 1.29 is 4.79 Å². The lowest BCUT2D eigenvalue weighted by molar-refractivity contribution is -0.124. The second kappa shape index (κ2) is 3.68. The van der Waals surface area contributed by atoms with Crippen molar-refractivity contribution in [2.45, 2.75) is 38.0 Å². The Morgan fingerprint density at radius 1 is 1.47 bits per heavy atom. The molecule has 3 fully saturated rings. The van der Waals surface area contributed by atoms with E-state index in [0.29, 0.717) is 24.8 Å². The third kappa shape index (κ3) is 1.97. The van der Waals surface area contributed by atoms with Gasteiger partial charge in [-0.15, -0.1) is 0 Å². The summed E-state index contributed by atoms with van der Waals surface area (Å²) in [5.74, 6) is 2.13. The highest BCUT2D eigenvalue weighted by Gasteiger charge is 2.74. The summed E-state index contributed by atoms with van der Waals surface area (Å²) in [4.78, 5) is 30.6. The molecular formula is C14H17N3O2. The number of rotatable bonds is 5. The van der Waals surface area contributed by atoms with E-state index in [9.17, 15) is 9.59 Å². The number of hydrogen-bond donors (Lipinski definition) is 2. The molecule has 5 heteroatoms.